The van der Waals surface area contributed by atoms with Crippen molar-refractivity contribution in [3.63, 3.8) is 0 Å². The number of benzene rings is 3. The molecular formula is C25H25NO5. The number of aliphatic carboxylic acids is 1. The van der Waals surface area contributed by atoms with Gasteiger partial charge in [-0.1, -0.05) is 36.4 Å². The van der Waals surface area contributed by atoms with Crippen molar-refractivity contribution in [1.29, 1.82) is 0 Å². The fourth-order valence-electron chi connectivity index (χ4n) is 4.01. The predicted molar refractivity (Wildman–Crippen MR) is 119 cm³/mol. The maximum atomic E-state index is 13.5. The van der Waals surface area contributed by atoms with E-state index in [-0.39, 0.29) is 18.4 Å². The molecule has 1 N–H and O–H groups in total. The van der Waals surface area contributed by atoms with Crippen LogP contribution in [-0.4, -0.2) is 29.7 Å². The van der Waals surface area contributed by atoms with Crippen molar-refractivity contribution >= 4 is 28.3 Å². The Morgan fingerprint density at radius 3 is 2.29 bits per heavy atom. The van der Waals surface area contributed by atoms with Gasteiger partial charge in [0.1, 0.15) is 11.5 Å². The summed E-state index contributed by atoms with van der Waals surface area (Å²) in [4.78, 5) is 26.2. The minimum absolute atomic E-state index is 0.0510. The molecular weight excluding hydrogens is 394 g/mol. The van der Waals surface area contributed by atoms with Gasteiger partial charge in [0, 0.05) is 22.0 Å². The van der Waals surface area contributed by atoms with E-state index in [1.54, 1.807) is 29.2 Å². The molecule has 0 radical (unpaired) electrons. The molecule has 0 saturated carbocycles. The standard InChI is InChI=1S/C25H25NO5/c1-4-30-24-19-8-6-5-7-18(19)23(31-15(2)3)20-14-26(25(29)22(20)24)17-11-9-16(10-12-17)13-21(27)28/h5-12,15H,4,13-14H2,1-3H3,(H,27,28). The van der Waals surface area contributed by atoms with Gasteiger partial charge in [-0.2, -0.15) is 0 Å². The quantitative estimate of drug-likeness (QED) is 0.595. The first-order valence-corrected chi connectivity index (χ1v) is 10.4. The van der Waals surface area contributed by atoms with E-state index in [0.717, 1.165) is 16.3 Å². The van der Waals surface area contributed by atoms with Crippen LogP contribution in [0.1, 0.15) is 42.3 Å². The first-order chi connectivity index (χ1) is 14.9. The van der Waals surface area contributed by atoms with Gasteiger partial charge in [0.2, 0.25) is 0 Å². The molecule has 0 atom stereocenters. The summed E-state index contributed by atoms with van der Waals surface area (Å²) < 4.78 is 12.2. The third-order valence-electron chi connectivity index (χ3n) is 5.24. The van der Waals surface area contributed by atoms with Gasteiger partial charge in [0.05, 0.1) is 31.2 Å². The summed E-state index contributed by atoms with van der Waals surface area (Å²) in [7, 11) is 0. The third kappa shape index (κ3) is 3.81. The van der Waals surface area contributed by atoms with Gasteiger partial charge in [0.15, 0.2) is 0 Å². The molecule has 0 unspecified atom stereocenters. The van der Waals surface area contributed by atoms with Gasteiger partial charge in [-0.25, -0.2) is 0 Å². The minimum atomic E-state index is -0.888. The summed E-state index contributed by atoms with van der Waals surface area (Å²) in [5.74, 6) is 0.256. The van der Waals surface area contributed by atoms with Crippen LogP contribution in [0.2, 0.25) is 0 Å². The van der Waals surface area contributed by atoms with E-state index in [9.17, 15) is 9.59 Å². The van der Waals surface area contributed by atoms with Crippen molar-refractivity contribution in [3.8, 4) is 11.5 Å². The smallest absolute Gasteiger partial charge is 0.307 e. The van der Waals surface area contributed by atoms with Crippen LogP contribution in [0.3, 0.4) is 0 Å². The van der Waals surface area contributed by atoms with Crippen LogP contribution < -0.4 is 14.4 Å². The molecule has 0 aliphatic carbocycles. The largest absolute Gasteiger partial charge is 0.492 e. The minimum Gasteiger partial charge on any atom is -0.492 e. The Labute approximate surface area is 181 Å². The van der Waals surface area contributed by atoms with Crippen molar-refractivity contribution in [2.24, 2.45) is 0 Å². The molecule has 6 nitrogen and oxygen atoms in total. The molecule has 6 heteroatoms. The summed E-state index contributed by atoms with van der Waals surface area (Å²) in [6.07, 6.45) is -0.106. The van der Waals surface area contributed by atoms with Crippen LogP contribution >= 0.6 is 0 Å². The van der Waals surface area contributed by atoms with E-state index in [1.165, 1.54) is 0 Å². The number of fused-ring (bicyclic) bond motifs is 2. The number of hydrogen-bond donors (Lipinski definition) is 1. The molecule has 1 amide bonds. The van der Waals surface area contributed by atoms with E-state index in [0.29, 0.717) is 41.5 Å². The number of ether oxygens (including phenoxy) is 2. The highest BCUT2D eigenvalue weighted by molar-refractivity contribution is 6.16. The Morgan fingerprint density at radius 1 is 1.06 bits per heavy atom. The summed E-state index contributed by atoms with van der Waals surface area (Å²) in [5.41, 5.74) is 2.74. The molecule has 1 aliphatic rings. The van der Waals surface area contributed by atoms with E-state index in [1.807, 2.05) is 45.0 Å². The predicted octanol–water partition coefficient (Wildman–Crippen LogP) is 4.81. The van der Waals surface area contributed by atoms with Crippen molar-refractivity contribution in [2.45, 2.75) is 39.8 Å². The lowest BCUT2D eigenvalue weighted by atomic mass is 9.99. The number of nitrogens with zero attached hydrogens (tertiary/aromatic N) is 1. The number of carbonyl (C=O) groups is 2. The molecule has 4 rings (SSSR count). The molecule has 0 bridgehead atoms. The Kier molecular flexibility index (Phi) is 5.55. The van der Waals surface area contributed by atoms with Crippen LogP contribution in [0.4, 0.5) is 5.69 Å². The Balaban J connectivity index is 1.84. The zero-order valence-electron chi connectivity index (χ0n) is 17.8. The maximum Gasteiger partial charge on any atom is 0.307 e. The summed E-state index contributed by atoms with van der Waals surface area (Å²) in [5, 5.41) is 10.8. The molecule has 160 valence electrons. The Bertz CT molecular complexity index is 1150. The number of anilines is 1. The number of carboxylic acid groups (broad SMARTS) is 1. The molecule has 31 heavy (non-hydrogen) atoms. The Hall–Kier alpha value is -3.54. The highest BCUT2D eigenvalue weighted by Crippen LogP contribution is 2.46. The molecule has 1 heterocycles. The van der Waals surface area contributed by atoms with E-state index >= 15 is 0 Å². The Morgan fingerprint density at radius 2 is 1.71 bits per heavy atom. The summed E-state index contributed by atoms with van der Waals surface area (Å²) in [6.45, 7) is 6.64. The highest BCUT2D eigenvalue weighted by Gasteiger charge is 2.36. The second-order valence-electron chi connectivity index (χ2n) is 7.79. The SMILES string of the molecule is CCOc1c2c(c(OC(C)C)c3ccccc13)CN(c1ccc(CC(=O)O)cc1)C2=O. The van der Waals surface area contributed by atoms with E-state index in [2.05, 4.69) is 0 Å². The molecule has 3 aromatic rings. The van der Waals surface area contributed by atoms with Gasteiger partial charge in [-0.15, -0.1) is 0 Å². The first-order valence-electron chi connectivity index (χ1n) is 10.4. The average molecular weight is 419 g/mol. The second kappa shape index (κ2) is 8.30. The topological polar surface area (TPSA) is 76.1 Å². The summed E-state index contributed by atoms with van der Waals surface area (Å²) in [6, 6.07) is 14.9. The van der Waals surface area contributed by atoms with Crippen LogP contribution in [0.5, 0.6) is 11.5 Å². The van der Waals surface area contributed by atoms with Gasteiger partial charge in [-0.05, 0) is 38.5 Å². The zero-order chi connectivity index (χ0) is 22.1. The lowest BCUT2D eigenvalue weighted by Gasteiger charge is -2.19. The molecule has 1 aliphatic heterocycles. The average Bonchev–Trinajstić information content (AvgIpc) is 3.07. The maximum absolute atomic E-state index is 13.5. The molecule has 0 fully saturated rings. The van der Waals surface area contributed by atoms with Crippen molar-refractivity contribution in [3.05, 3.63) is 65.2 Å². The number of amides is 1. The van der Waals surface area contributed by atoms with Crippen molar-refractivity contribution in [1.82, 2.24) is 0 Å². The van der Waals surface area contributed by atoms with E-state index < -0.39 is 5.97 Å². The third-order valence-corrected chi connectivity index (χ3v) is 5.24. The molecule has 0 saturated heterocycles. The number of rotatable bonds is 7. The van der Waals surface area contributed by atoms with Crippen LogP contribution in [0, 0.1) is 0 Å². The van der Waals surface area contributed by atoms with E-state index in [4.69, 9.17) is 14.6 Å². The fourth-order valence-corrected chi connectivity index (χ4v) is 4.01. The lowest BCUT2D eigenvalue weighted by Crippen LogP contribution is -2.23. The van der Waals surface area contributed by atoms with Gasteiger partial charge < -0.3 is 19.5 Å². The molecule has 0 aromatic heterocycles. The van der Waals surface area contributed by atoms with Gasteiger partial charge >= 0.3 is 5.97 Å². The van der Waals surface area contributed by atoms with Crippen molar-refractivity contribution < 1.29 is 24.2 Å². The second-order valence-corrected chi connectivity index (χ2v) is 7.79. The van der Waals surface area contributed by atoms with Gasteiger partial charge in [-0.3, -0.25) is 9.59 Å². The van der Waals surface area contributed by atoms with Crippen LogP contribution in [-0.2, 0) is 17.8 Å². The monoisotopic (exact) mass is 419 g/mol. The van der Waals surface area contributed by atoms with Crippen LogP contribution in [0.25, 0.3) is 10.8 Å². The fraction of sp³-hybridized carbons (Fsp3) is 0.280. The van der Waals surface area contributed by atoms with Crippen LogP contribution in [0.15, 0.2) is 48.5 Å². The van der Waals surface area contributed by atoms with Gasteiger partial charge in [0.25, 0.3) is 5.91 Å². The number of carboxylic acids is 1. The zero-order valence-corrected chi connectivity index (χ0v) is 17.8. The highest BCUT2D eigenvalue weighted by atomic mass is 16.5. The number of hydrogen-bond acceptors (Lipinski definition) is 4. The van der Waals surface area contributed by atoms with Crippen molar-refractivity contribution in [2.75, 3.05) is 11.5 Å². The molecule has 0 spiro atoms. The normalized spacial score (nSPS) is 13.0. The number of carbonyl (C=O) groups excluding carboxylic acids is 1. The summed E-state index contributed by atoms with van der Waals surface area (Å²) >= 11 is 0. The molecule has 3 aromatic carbocycles. The first kappa shape index (κ1) is 20.7. The lowest BCUT2D eigenvalue weighted by molar-refractivity contribution is -0.136.